The second kappa shape index (κ2) is 11.6. The highest BCUT2D eigenvalue weighted by Crippen LogP contribution is 2.34. The number of methoxy groups -OCH3 is 2. The molecule has 2 nitrogen and oxygen atoms in total. The van der Waals surface area contributed by atoms with Crippen LogP contribution in [0.15, 0.2) is 146 Å². The van der Waals surface area contributed by atoms with Gasteiger partial charge in [-0.2, -0.15) is 0 Å². The number of benzene rings is 7. The third kappa shape index (κ3) is 4.58. The molecule has 0 fully saturated rings. The summed E-state index contributed by atoms with van der Waals surface area (Å²) in [5.41, 5.74) is 9.57. The first-order valence-corrected chi connectivity index (χ1v) is 15.6. The zero-order chi connectivity index (χ0) is 31.0. The number of fused-ring (bicyclic) bond motifs is 4. The van der Waals surface area contributed by atoms with Crippen LogP contribution in [0.2, 0.25) is 0 Å². The third-order valence-electron chi connectivity index (χ3n) is 9.09. The third-order valence-corrected chi connectivity index (χ3v) is 9.09. The Balaban J connectivity index is 1.64. The molecule has 1 aliphatic rings. The van der Waals surface area contributed by atoms with Gasteiger partial charge in [0.15, 0.2) is 0 Å². The lowest BCUT2D eigenvalue weighted by Gasteiger charge is -2.18. The maximum Gasteiger partial charge on any atom is 0.118 e. The molecule has 0 bridgehead atoms. The van der Waals surface area contributed by atoms with Gasteiger partial charge in [0.05, 0.1) is 14.2 Å². The Bertz CT molecular complexity index is 2250. The molecule has 8 rings (SSSR count). The maximum atomic E-state index is 5.55. The van der Waals surface area contributed by atoms with Gasteiger partial charge >= 0.3 is 0 Å². The Kier molecular flexibility index (Phi) is 6.96. The van der Waals surface area contributed by atoms with E-state index >= 15 is 0 Å². The van der Waals surface area contributed by atoms with Crippen molar-refractivity contribution in [3.05, 3.63) is 189 Å². The van der Waals surface area contributed by atoms with Gasteiger partial charge in [-0.15, -0.1) is 0 Å². The summed E-state index contributed by atoms with van der Waals surface area (Å²) < 4.78 is 11.1. The van der Waals surface area contributed by atoms with Crippen molar-refractivity contribution >= 4 is 44.8 Å². The SMILES string of the molecule is COc1ccc(C(c2ccc(OC)cc2)=c2c3ccccc3c(=C3c4ccccc4C=Cc4ccccc43)c3ccccc23)cc1. The van der Waals surface area contributed by atoms with Crippen LogP contribution in [0.5, 0.6) is 11.5 Å². The number of rotatable bonds is 4. The molecule has 0 N–H and O–H groups in total. The van der Waals surface area contributed by atoms with Crippen LogP contribution in [0.1, 0.15) is 33.4 Å². The van der Waals surface area contributed by atoms with Crippen LogP contribution in [0.4, 0.5) is 0 Å². The Hall–Kier alpha value is -5.86. The monoisotopic (exact) mass is 592 g/mol. The van der Waals surface area contributed by atoms with Crippen molar-refractivity contribution in [3.63, 3.8) is 0 Å². The van der Waals surface area contributed by atoms with Gasteiger partial charge in [-0.1, -0.05) is 133 Å². The molecule has 46 heavy (non-hydrogen) atoms. The first kappa shape index (κ1) is 27.7. The van der Waals surface area contributed by atoms with Gasteiger partial charge < -0.3 is 9.47 Å². The molecular formula is C44H32O2. The van der Waals surface area contributed by atoms with Crippen molar-refractivity contribution in [1.82, 2.24) is 0 Å². The van der Waals surface area contributed by atoms with Gasteiger partial charge in [0.2, 0.25) is 0 Å². The summed E-state index contributed by atoms with van der Waals surface area (Å²) in [5.74, 6) is 1.66. The molecule has 0 aliphatic heterocycles. The standard InChI is InChI=1S/C44H32O2/c1-45-33-25-21-31(22-26-33)41(32-23-27-34(46-2)28-24-32)43-37-15-7-9-17-39(37)44(40-18-10-8-16-38(40)43)42-35-13-5-3-11-29(35)19-20-30-12-4-6-14-36(30)42/h3-28H,1-2H3. The molecule has 0 amide bonds. The molecule has 0 unspecified atom stereocenters. The molecule has 7 aromatic carbocycles. The zero-order valence-electron chi connectivity index (χ0n) is 25.8. The fourth-order valence-corrected chi connectivity index (χ4v) is 6.97. The molecule has 0 radical (unpaired) electrons. The summed E-state index contributed by atoms with van der Waals surface area (Å²) in [6.45, 7) is 0. The lowest BCUT2D eigenvalue weighted by atomic mass is 9.85. The van der Waals surface area contributed by atoms with E-state index in [1.165, 1.54) is 59.8 Å². The number of hydrogen-bond donors (Lipinski definition) is 0. The Morgan fingerprint density at radius 3 is 1.24 bits per heavy atom. The fourth-order valence-electron chi connectivity index (χ4n) is 6.97. The van der Waals surface area contributed by atoms with Crippen molar-refractivity contribution in [2.24, 2.45) is 0 Å². The lowest BCUT2D eigenvalue weighted by Crippen LogP contribution is -2.21. The summed E-state index contributed by atoms with van der Waals surface area (Å²) in [7, 11) is 3.42. The highest BCUT2D eigenvalue weighted by molar-refractivity contribution is 6.08. The molecule has 0 heterocycles. The van der Waals surface area contributed by atoms with Gasteiger partial charge in [0.1, 0.15) is 11.5 Å². The summed E-state index contributed by atoms with van der Waals surface area (Å²) >= 11 is 0. The van der Waals surface area contributed by atoms with E-state index in [2.05, 4.69) is 133 Å². The molecule has 7 aromatic rings. The van der Waals surface area contributed by atoms with Crippen LogP contribution < -0.4 is 19.9 Å². The van der Waals surface area contributed by atoms with E-state index in [0.717, 1.165) is 28.2 Å². The summed E-state index contributed by atoms with van der Waals surface area (Å²) in [5, 5.41) is 7.31. The largest absolute Gasteiger partial charge is 0.497 e. The fraction of sp³-hybridized carbons (Fsp3) is 0.0455. The van der Waals surface area contributed by atoms with Gasteiger partial charge in [-0.05, 0) is 101 Å². The first-order valence-electron chi connectivity index (χ1n) is 15.6. The second-order valence-electron chi connectivity index (χ2n) is 11.6. The summed E-state index contributed by atoms with van der Waals surface area (Å²) in [6.07, 6.45) is 4.50. The van der Waals surface area contributed by atoms with Crippen molar-refractivity contribution < 1.29 is 9.47 Å². The van der Waals surface area contributed by atoms with E-state index in [4.69, 9.17) is 9.47 Å². The molecular weight excluding hydrogens is 560 g/mol. The van der Waals surface area contributed by atoms with E-state index in [1.54, 1.807) is 14.2 Å². The average Bonchev–Trinajstić information content (AvgIpc) is 3.29. The average molecular weight is 593 g/mol. The first-order chi connectivity index (χ1) is 22.7. The van der Waals surface area contributed by atoms with Crippen LogP contribution in [0.3, 0.4) is 0 Å². The number of ether oxygens (including phenoxy) is 2. The van der Waals surface area contributed by atoms with Gasteiger partial charge in [-0.3, -0.25) is 0 Å². The molecule has 0 spiro atoms. The number of hydrogen-bond acceptors (Lipinski definition) is 2. The highest BCUT2D eigenvalue weighted by Gasteiger charge is 2.20. The molecule has 0 saturated carbocycles. The zero-order valence-corrected chi connectivity index (χ0v) is 25.8. The lowest BCUT2D eigenvalue weighted by molar-refractivity contribution is 0.414. The minimum absolute atomic E-state index is 0.832. The van der Waals surface area contributed by atoms with Crippen molar-refractivity contribution in [2.75, 3.05) is 14.2 Å². The van der Waals surface area contributed by atoms with Crippen LogP contribution in [-0.4, -0.2) is 14.2 Å². The van der Waals surface area contributed by atoms with E-state index in [1.807, 2.05) is 24.3 Å². The maximum absolute atomic E-state index is 5.55. The van der Waals surface area contributed by atoms with Gasteiger partial charge in [0, 0.05) is 0 Å². The van der Waals surface area contributed by atoms with E-state index in [9.17, 15) is 0 Å². The molecule has 1 aliphatic carbocycles. The normalized spacial score (nSPS) is 12.0. The van der Waals surface area contributed by atoms with E-state index < -0.39 is 0 Å². The van der Waals surface area contributed by atoms with E-state index in [0.29, 0.717) is 0 Å². The summed E-state index contributed by atoms with van der Waals surface area (Å²) in [4.78, 5) is 0. The van der Waals surface area contributed by atoms with Crippen molar-refractivity contribution in [1.29, 1.82) is 0 Å². The second-order valence-corrected chi connectivity index (χ2v) is 11.6. The molecule has 220 valence electrons. The molecule has 0 atom stereocenters. The molecule has 2 heteroatoms. The van der Waals surface area contributed by atoms with Crippen LogP contribution >= 0.6 is 0 Å². The predicted octanol–water partition coefficient (Wildman–Crippen LogP) is 8.99. The Labute approximate surface area is 268 Å². The Morgan fingerprint density at radius 1 is 0.413 bits per heavy atom. The quantitative estimate of drug-likeness (QED) is 0.190. The predicted molar refractivity (Wildman–Crippen MR) is 192 cm³/mol. The minimum atomic E-state index is 0.832. The van der Waals surface area contributed by atoms with Gasteiger partial charge in [-0.25, -0.2) is 0 Å². The van der Waals surface area contributed by atoms with Crippen molar-refractivity contribution in [2.45, 2.75) is 0 Å². The van der Waals surface area contributed by atoms with Gasteiger partial charge in [0.25, 0.3) is 0 Å². The van der Waals surface area contributed by atoms with Crippen LogP contribution in [-0.2, 0) is 0 Å². The topological polar surface area (TPSA) is 18.5 Å². The highest BCUT2D eigenvalue weighted by atomic mass is 16.5. The van der Waals surface area contributed by atoms with Crippen LogP contribution in [0, 0.1) is 0 Å². The van der Waals surface area contributed by atoms with Crippen molar-refractivity contribution in [3.8, 4) is 11.5 Å². The smallest absolute Gasteiger partial charge is 0.118 e. The minimum Gasteiger partial charge on any atom is -0.497 e. The molecule has 0 saturated heterocycles. The van der Waals surface area contributed by atoms with Crippen LogP contribution in [0.25, 0.3) is 44.8 Å². The summed E-state index contributed by atoms with van der Waals surface area (Å²) in [6, 6.07) is 52.1. The Morgan fingerprint density at radius 2 is 0.804 bits per heavy atom. The molecule has 0 aromatic heterocycles. The van der Waals surface area contributed by atoms with E-state index in [-0.39, 0.29) is 0 Å².